The topological polar surface area (TPSA) is 91.3 Å². The van der Waals surface area contributed by atoms with Crippen LogP contribution in [0.2, 0.25) is 0 Å². The summed E-state index contributed by atoms with van der Waals surface area (Å²) in [4.78, 5) is 18.9. The molecule has 2 aromatic carbocycles. The molecule has 0 saturated carbocycles. The molecule has 0 spiro atoms. The van der Waals surface area contributed by atoms with Gasteiger partial charge in [-0.3, -0.25) is 10.00 Å². The zero-order chi connectivity index (χ0) is 24.6. The third-order valence-electron chi connectivity index (χ3n) is 5.69. The number of thiazole rings is 1. The van der Waals surface area contributed by atoms with Gasteiger partial charge in [-0.25, -0.2) is 9.78 Å². The van der Waals surface area contributed by atoms with Crippen LogP contribution in [0, 0.1) is 13.8 Å². The van der Waals surface area contributed by atoms with Gasteiger partial charge in [0.2, 0.25) is 0 Å². The first-order valence-corrected chi connectivity index (χ1v) is 11.8. The second kappa shape index (κ2) is 8.95. The van der Waals surface area contributed by atoms with Crippen molar-refractivity contribution in [1.82, 2.24) is 15.2 Å². The first-order valence-electron chi connectivity index (χ1n) is 10.9. The average molecular weight is 477 g/mol. The SMILES string of the molecule is COc1ccc(N(c2ccn[nH]2)c2cc(C)c(-c3nc(C(C)(C)C)cs3)cc2C)c(C(=O)O)c1. The highest BCUT2D eigenvalue weighted by atomic mass is 32.1. The van der Waals surface area contributed by atoms with Crippen LogP contribution in [0.25, 0.3) is 10.6 Å². The first kappa shape index (κ1) is 23.5. The first-order chi connectivity index (χ1) is 16.1. The summed E-state index contributed by atoms with van der Waals surface area (Å²) in [6.45, 7) is 10.5. The lowest BCUT2D eigenvalue weighted by molar-refractivity contribution is 0.0697. The fourth-order valence-corrected chi connectivity index (χ4v) is 4.91. The quantitative estimate of drug-likeness (QED) is 0.325. The predicted octanol–water partition coefficient (Wildman–Crippen LogP) is 6.62. The summed E-state index contributed by atoms with van der Waals surface area (Å²) in [6.07, 6.45) is 1.65. The highest BCUT2D eigenvalue weighted by molar-refractivity contribution is 7.13. The van der Waals surface area contributed by atoms with Gasteiger partial charge in [0.25, 0.3) is 0 Å². The van der Waals surface area contributed by atoms with Gasteiger partial charge in [-0.15, -0.1) is 11.3 Å². The minimum atomic E-state index is -1.04. The Kier molecular flexibility index (Phi) is 6.18. The number of carboxylic acids is 1. The van der Waals surface area contributed by atoms with E-state index in [1.807, 2.05) is 24.8 Å². The number of aromatic nitrogens is 3. The van der Waals surface area contributed by atoms with Crippen LogP contribution >= 0.6 is 11.3 Å². The standard InChI is InChI=1S/C26H28N4O3S/c1-15-12-21(16(2)11-18(15)24-28-22(14-34-24)26(3,4)5)30(23-9-10-27-29-23)20-8-7-17(33-6)13-19(20)25(31)32/h7-14H,1-6H3,(H,27,29)(H,31,32). The molecule has 0 bridgehead atoms. The second-order valence-electron chi connectivity index (χ2n) is 9.21. The summed E-state index contributed by atoms with van der Waals surface area (Å²) in [5, 5.41) is 20.1. The molecule has 4 rings (SSSR count). The number of ether oxygens (including phenoxy) is 1. The predicted molar refractivity (Wildman–Crippen MR) is 136 cm³/mol. The van der Waals surface area contributed by atoms with Crippen molar-refractivity contribution in [3.63, 3.8) is 0 Å². The van der Waals surface area contributed by atoms with Gasteiger partial charge in [0.1, 0.15) is 16.6 Å². The van der Waals surface area contributed by atoms with Crippen LogP contribution in [-0.4, -0.2) is 33.4 Å². The highest BCUT2D eigenvalue weighted by Gasteiger charge is 2.24. The van der Waals surface area contributed by atoms with Crippen molar-refractivity contribution in [2.24, 2.45) is 0 Å². The van der Waals surface area contributed by atoms with E-state index in [1.54, 1.807) is 29.7 Å². The number of hydrogen-bond acceptors (Lipinski definition) is 6. The monoisotopic (exact) mass is 476 g/mol. The third-order valence-corrected chi connectivity index (χ3v) is 6.56. The lowest BCUT2D eigenvalue weighted by Gasteiger charge is -2.27. The minimum Gasteiger partial charge on any atom is -0.497 e. The maximum Gasteiger partial charge on any atom is 0.337 e. The molecule has 0 saturated heterocycles. The van der Waals surface area contributed by atoms with Crippen molar-refractivity contribution < 1.29 is 14.6 Å². The van der Waals surface area contributed by atoms with Crippen LogP contribution in [0.1, 0.15) is 48.0 Å². The average Bonchev–Trinajstić information content (AvgIpc) is 3.48. The number of methoxy groups -OCH3 is 1. The number of benzene rings is 2. The van der Waals surface area contributed by atoms with Crippen LogP contribution in [0.3, 0.4) is 0 Å². The van der Waals surface area contributed by atoms with Crippen LogP contribution in [0.15, 0.2) is 48.0 Å². The van der Waals surface area contributed by atoms with Crippen molar-refractivity contribution in [3.8, 4) is 16.3 Å². The van der Waals surface area contributed by atoms with E-state index >= 15 is 0 Å². The molecule has 0 unspecified atom stereocenters. The van der Waals surface area contributed by atoms with E-state index in [-0.39, 0.29) is 11.0 Å². The second-order valence-corrected chi connectivity index (χ2v) is 10.1. The van der Waals surface area contributed by atoms with Gasteiger partial charge in [-0.2, -0.15) is 5.10 Å². The Hall–Kier alpha value is -3.65. The smallest absolute Gasteiger partial charge is 0.337 e. The Labute approximate surface area is 203 Å². The number of anilines is 3. The van der Waals surface area contributed by atoms with Crippen LogP contribution in [0.4, 0.5) is 17.2 Å². The Balaban J connectivity index is 1.88. The minimum absolute atomic E-state index is 0.0172. The molecule has 0 fully saturated rings. The summed E-state index contributed by atoms with van der Waals surface area (Å²) in [6, 6.07) is 11.0. The number of carbonyl (C=O) groups is 1. The van der Waals surface area contributed by atoms with E-state index in [0.717, 1.165) is 33.1 Å². The van der Waals surface area contributed by atoms with Gasteiger partial charge >= 0.3 is 5.97 Å². The van der Waals surface area contributed by atoms with Gasteiger partial charge in [0, 0.05) is 22.4 Å². The van der Waals surface area contributed by atoms with Crippen molar-refractivity contribution in [3.05, 3.63) is 70.4 Å². The molecule has 0 atom stereocenters. The molecule has 176 valence electrons. The molecule has 0 aliphatic heterocycles. The number of rotatable bonds is 6. The van der Waals surface area contributed by atoms with Gasteiger partial charge in [0.15, 0.2) is 0 Å². The Morgan fingerprint density at radius 2 is 1.85 bits per heavy atom. The zero-order valence-electron chi connectivity index (χ0n) is 20.1. The van der Waals surface area contributed by atoms with E-state index in [9.17, 15) is 9.90 Å². The van der Waals surface area contributed by atoms with Crippen LogP contribution in [0.5, 0.6) is 5.75 Å². The van der Waals surface area contributed by atoms with Crippen LogP contribution < -0.4 is 9.64 Å². The molecule has 0 aliphatic rings. The van der Waals surface area contributed by atoms with E-state index < -0.39 is 5.97 Å². The Morgan fingerprint density at radius 3 is 2.44 bits per heavy atom. The molecule has 2 heterocycles. The molecule has 34 heavy (non-hydrogen) atoms. The summed E-state index contributed by atoms with van der Waals surface area (Å²) < 4.78 is 5.26. The molecule has 4 aromatic rings. The largest absolute Gasteiger partial charge is 0.497 e. The van der Waals surface area contributed by atoms with E-state index in [1.165, 1.54) is 13.2 Å². The van der Waals surface area contributed by atoms with Crippen molar-refractivity contribution >= 4 is 34.5 Å². The van der Waals surface area contributed by atoms with Gasteiger partial charge in [-0.05, 0) is 55.3 Å². The summed E-state index contributed by atoms with van der Waals surface area (Å²) in [7, 11) is 1.52. The maximum absolute atomic E-state index is 12.2. The molecule has 0 aliphatic carbocycles. The molecule has 0 radical (unpaired) electrons. The van der Waals surface area contributed by atoms with E-state index in [4.69, 9.17) is 9.72 Å². The van der Waals surface area contributed by atoms with Gasteiger partial charge in [-0.1, -0.05) is 20.8 Å². The molecule has 2 N–H and O–H groups in total. The summed E-state index contributed by atoms with van der Waals surface area (Å²) in [5.74, 6) is 0.0986. The fourth-order valence-electron chi connectivity index (χ4n) is 3.78. The number of nitrogens with one attached hydrogen (secondary N) is 1. The van der Waals surface area contributed by atoms with Crippen molar-refractivity contribution in [2.45, 2.75) is 40.0 Å². The van der Waals surface area contributed by atoms with E-state index in [2.05, 4.69) is 48.5 Å². The number of aryl methyl sites for hydroxylation is 2. The molecule has 0 amide bonds. The highest BCUT2D eigenvalue weighted by Crippen LogP contribution is 2.41. The fraction of sp³-hybridized carbons (Fsp3) is 0.269. The zero-order valence-corrected chi connectivity index (χ0v) is 20.9. The number of carboxylic acid groups (broad SMARTS) is 1. The Bertz CT molecular complexity index is 1340. The number of nitrogens with zero attached hydrogens (tertiary/aromatic N) is 3. The summed E-state index contributed by atoms with van der Waals surface area (Å²) >= 11 is 1.64. The number of hydrogen-bond donors (Lipinski definition) is 2. The lowest BCUT2D eigenvalue weighted by atomic mass is 9.93. The molecule has 7 nitrogen and oxygen atoms in total. The number of aromatic amines is 1. The van der Waals surface area contributed by atoms with Gasteiger partial charge < -0.3 is 9.84 Å². The molecular weight excluding hydrogens is 448 g/mol. The summed E-state index contributed by atoms with van der Waals surface area (Å²) in [5.41, 5.74) is 5.64. The lowest BCUT2D eigenvalue weighted by Crippen LogP contribution is -2.16. The molecular formula is C26H28N4O3S. The van der Waals surface area contributed by atoms with Crippen molar-refractivity contribution in [1.29, 1.82) is 0 Å². The number of H-pyrrole nitrogens is 1. The van der Waals surface area contributed by atoms with Crippen molar-refractivity contribution in [2.75, 3.05) is 12.0 Å². The third kappa shape index (κ3) is 4.41. The molecule has 2 aromatic heterocycles. The van der Waals surface area contributed by atoms with E-state index in [0.29, 0.717) is 17.3 Å². The Morgan fingerprint density at radius 1 is 1.09 bits per heavy atom. The number of aromatic carboxylic acids is 1. The normalized spacial score (nSPS) is 11.5. The molecule has 8 heteroatoms. The van der Waals surface area contributed by atoms with Crippen LogP contribution in [-0.2, 0) is 5.41 Å². The van der Waals surface area contributed by atoms with Gasteiger partial charge in [0.05, 0.1) is 35.9 Å². The maximum atomic E-state index is 12.2.